The van der Waals surface area contributed by atoms with E-state index in [4.69, 9.17) is 0 Å². The van der Waals surface area contributed by atoms with Crippen LogP contribution in [0.25, 0.3) is 0 Å². The van der Waals surface area contributed by atoms with Gasteiger partial charge in [-0.2, -0.15) is 4.31 Å². The van der Waals surface area contributed by atoms with Crippen molar-refractivity contribution in [3.63, 3.8) is 0 Å². The molecule has 0 saturated carbocycles. The van der Waals surface area contributed by atoms with E-state index in [1.807, 2.05) is 19.1 Å². The predicted octanol–water partition coefficient (Wildman–Crippen LogP) is 2.78. The molecule has 0 aliphatic carbocycles. The number of likely N-dealkylation sites (tertiary alicyclic amines) is 1. The van der Waals surface area contributed by atoms with Crippen molar-refractivity contribution in [2.24, 2.45) is 5.92 Å². The molecule has 2 aliphatic heterocycles. The van der Waals surface area contributed by atoms with E-state index in [9.17, 15) is 13.2 Å². The van der Waals surface area contributed by atoms with Crippen molar-refractivity contribution in [3.8, 4) is 0 Å². The van der Waals surface area contributed by atoms with Crippen molar-refractivity contribution >= 4 is 15.9 Å². The molecular formula is C22H35N3O3S. The Kier molecular flexibility index (Phi) is 7.71. The largest absolute Gasteiger partial charge is 0.355 e. The molecule has 1 N–H and O–H groups in total. The number of hydrogen-bond acceptors (Lipinski definition) is 4. The maximum absolute atomic E-state index is 12.8. The third kappa shape index (κ3) is 6.03. The topological polar surface area (TPSA) is 69.7 Å². The molecule has 29 heavy (non-hydrogen) atoms. The maximum Gasteiger partial charge on any atom is 0.243 e. The number of benzene rings is 1. The van der Waals surface area contributed by atoms with Crippen LogP contribution in [0, 0.1) is 12.8 Å². The summed E-state index contributed by atoms with van der Waals surface area (Å²) in [4.78, 5) is 15.1. The highest BCUT2D eigenvalue weighted by atomic mass is 32.2. The van der Waals surface area contributed by atoms with Gasteiger partial charge in [0.25, 0.3) is 0 Å². The minimum absolute atomic E-state index is 0.0921. The van der Waals surface area contributed by atoms with E-state index in [0.717, 1.165) is 31.5 Å². The highest BCUT2D eigenvalue weighted by Gasteiger charge is 2.30. The van der Waals surface area contributed by atoms with E-state index < -0.39 is 10.0 Å². The zero-order valence-corrected chi connectivity index (χ0v) is 18.6. The summed E-state index contributed by atoms with van der Waals surface area (Å²) in [6.07, 6.45) is 5.78. The predicted molar refractivity (Wildman–Crippen MR) is 115 cm³/mol. The van der Waals surface area contributed by atoms with Gasteiger partial charge in [0, 0.05) is 38.6 Å². The average molecular weight is 422 g/mol. The SMILES string of the molecule is Cc1ccc(S(=O)(=O)N2CCC(CC(=O)NCCN3CCCC[C@H]3C)CC2)cc1. The standard InChI is InChI=1S/C22H35N3O3S/c1-18-6-8-21(9-7-18)29(27,28)25-14-10-20(11-15-25)17-22(26)23-12-16-24-13-4-3-5-19(24)2/h6-9,19-20H,3-5,10-17H2,1-2H3,(H,23,26)/t19-/m1/s1. The van der Waals surface area contributed by atoms with Crippen LogP contribution in [-0.4, -0.2) is 62.3 Å². The molecule has 1 aromatic carbocycles. The van der Waals surface area contributed by atoms with Crippen molar-refractivity contribution in [2.75, 3.05) is 32.7 Å². The number of hydrogen-bond donors (Lipinski definition) is 1. The summed E-state index contributed by atoms with van der Waals surface area (Å²) in [5.74, 6) is 0.350. The van der Waals surface area contributed by atoms with Crippen LogP contribution in [0.2, 0.25) is 0 Å². The van der Waals surface area contributed by atoms with E-state index in [1.54, 1.807) is 16.4 Å². The van der Waals surface area contributed by atoms with Gasteiger partial charge in [-0.05, 0) is 64.1 Å². The molecular weight excluding hydrogens is 386 g/mol. The Balaban J connectivity index is 1.40. The molecule has 2 heterocycles. The molecule has 2 saturated heterocycles. The Morgan fingerprint density at radius 2 is 1.76 bits per heavy atom. The highest BCUT2D eigenvalue weighted by Crippen LogP contribution is 2.25. The number of sulfonamides is 1. The fourth-order valence-electron chi connectivity index (χ4n) is 4.38. The summed E-state index contributed by atoms with van der Waals surface area (Å²) < 4.78 is 27.1. The van der Waals surface area contributed by atoms with Gasteiger partial charge >= 0.3 is 0 Å². The summed E-state index contributed by atoms with van der Waals surface area (Å²) >= 11 is 0. The Bertz CT molecular complexity index is 771. The first-order chi connectivity index (χ1) is 13.9. The van der Waals surface area contributed by atoms with Crippen molar-refractivity contribution < 1.29 is 13.2 Å². The highest BCUT2D eigenvalue weighted by molar-refractivity contribution is 7.89. The van der Waals surface area contributed by atoms with Crippen LogP contribution >= 0.6 is 0 Å². The fraction of sp³-hybridized carbons (Fsp3) is 0.682. The summed E-state index contributed by atoms with van der Waals surface area (Å²) in [6, 6.07) is 7.62. The zero-order valence-electron chi connectivity index (χ0n) is 17.8. The molecule has 3 rings (SSSR count). The van der Waals surface area contributed by atoms with Crippen molar-refractivity contribution in [1.82, 2.24) is 14.5 Å². The first-order valence-electron chi connectivity index (χ1n) is 10.9. The Morgan fingerprint density at radius 1 is 1.07 bits per heavy atom. The number of amides is 1. The van der Waals surface area contributed by atoms with Gasteiger partial charge < -0.3 is 5.32 Å². The summed E-state index contributed by atoms with van der Waals surface area (Å²) in [6.45, 7) is 7.92. The zero-order chi connectivity index (χ0) is 20.9. The molecule has 1 aromatic rings. The molecule has 1 atom stereocenters. The first kappa shape index (κ1) is 22.2. The normalized spacial score (nSPS) is 22.5. The Labute approximate surface area is 175 Å². The van der Waals surface area contributed by atoms with Crippen molar-refractivity contribution in [1.29, 1.82) is 0 Å². The molecule has 0 aromatic heterocycles. The molecule has 2 fully saturated rings. The van der Waals surface area contributed by atoms with Gasteiger partial charge in [-0.15, -0.1) is 0 Å². The third-order valence-electron chi connectivity index (χ3n) is 6.37. The molecule has 1 amide bonds. The second-order valence-corrected chi connectivity index (χ2v) is 10.5. The lowest BCUT2D eigenvalue weighted by molar-refractivity contribution is -0.122. The van der Waals surface area contributed by atoms with Crippen LogP contribution in [0.1, 0.15) is 51.0 Å². The van der Waals surface area contributed by atoms with Gasteiger partial charge in [-0.1, -0.05) is 24.1 Å². The maximum atomic E-state index is 12.8. The van der Waals surface area contributed by atoms with Gasteiger partial charge in [0.05, 0.1) is 4.90 Å². The van der Waals surface area contributed by atoms with Crippen LogP contribution in [0.3, 0.4) is 0 Å². The van der Waals surface area contributed by atoms with Gasteiger partial charge in [-0.3, -0.25) is 9.69 Å². The lowest BCUT2D eigenvalue weighted by Gasteiger charge is -2.33. The molecule has 6 nitrogen and oxygen atoms in total. The quantitative estimate of drug-likeness (QED) is 0.735. The van der Waals surface area contributed by atoms with E-state index in [-0.39, 0.29) is 11.8 Å². The van der Waals surface area contributed by atoms with Crippen molar-refractivity contribution in [3.05, 3.63) is 29.8 Å². The second kappa shape index (κ2) is 10.0. The lowest BCUT2D eigenvalue weighted by Crippen LogP contribution is -2.43. The number of carbonyl (C=O) groups is 1. The molecule has 0 unspecified atom stereocenters. The van der Waals surface area contributed by atoms with Crippen molar-refractivity contribution in [2.45, 2.75) is 63.3 Å². The summed E-state index contributed by atoms with van der Waals surface area (Å²) in [5.41, 5.74) is 1.04. The number of carbonyl (C=O) groups excluding carboxylic acids is 1. The number of nitrogens with zero attached hydrogens (tertiary/aromatic N) is 2. The average Bonchev–Trinajstić information content (AvgIpc) is 2.70. The molecule has 7 heteroatoms. The number of aryl methyl sites for hydroxylation is 1. The van der Waals surface area contributed by atoms with Crippen LogP contribution < -0.4 is 5.32 Å². The van der Waals surface area contributed by atoms with Gasteiger partial charge in [0.2, 0.25) is 15.9 Å². The lowest BCUT2D eigenvalue weighted by atomic mass is 9.94. The fourth-order valence-corrected chi connectivity index (χ4v) is 5.85. The van der Waals surface area contributed by atoms with E-state index in [2.05, 4.69) is 17.1 Å². The summed E-state index contributed by atoms with van der Waals surface area (Å²) in [7, 11) is -3.44. The van der Waals surface area contributed by atoms with Crippen LogP contribution in [0.15, 0.2) is 29.2 Å². The summed E-state index contributed by atoms with van der Waals surface area (Å²) in [5, 5.41) is 3.06. The minimum atomic E-state index is -3.44. The molecule has 0 radical (unpaired) electrons. The molecule has 0 spiro atoms. The van der Waals surface area contributed by atoms with Crippen LogP contribution in [0.4, 0.5) is 0 Å². The van der Waals surface area contributed by atoms with Crippen LogP contribution in [0.5, 0.6) is 0 Å². The van der Waals surface area contributed by atoms with Gasteiger partial charge in [0.1, 0.15) is 0 Å². The monoisotopic (exact) mass is 421 g/mol. The van der Waals surface area contributed by atoms with E-state index in [0.29, 0.717) is 37.0 Å². The van der Waals surface area contributed by atoms with E-state index in [1.165, 1.54) is 19.3 Å². The van der Waals surface area contributed by atoms with E-state index >= 15 is 0 Å². The smallest absolute Gasteiger partial charge is 0.243 e. The molecule has 0 bridgehead atoms. The molecule has 162 valence electrons. The second-order valence-electron chi connectivity index (χ2n) is 8.60. The Morgan fingerprint density at radius 3 is 2.41 bits per heavy atom. The first-order valence-corrected chi connectivity index (χ1v) is 12.4. The number of rotatable bonds is 7. The molecule has 2 aliphatic rings. The number of nitrogens with one attached hydrogen (secondary N) is 1. The third-order valence-corrected chi connectivity index (χ3v) is 8.28. The Hall–Kier alpha value is -1.44. The number of piperidine rings is 2. The van der Waals surface area contributed by atoms with Crippen LogP contribution in [-0.2, 0) is 14.8 Å². The minimum Gasteiger partial charge on any atom is -0.355 e. The van der Waals surface area contributed by atoms with Gasteiger partial charge in [-0.25, -0.2) is 8.42 Å². The van der Waals surface area contributed by atoms with Gasteiger partial charge in [0.15, 0.2) is 0 Å².